The van der Waals surface area contributed by atoms with Crippen molar-refractivity contribution < 1.29 is 18.0 Å². The van der Waals surface area contributed by atoms with Gasteiger partial charge in [-0.25, -0.2) is 0 Å². The Hall–Kier alpha value is -1.04. The van der Waals surface area contributed by atoms with Gasteiger partial charge < -0.3 is 5.73 Å². The van der Waals surface area contributed by atoms with Crippen molar-refractivity contribution in [2.45, 2.75) is 20.0 Å². The van der Waals surface area contributed by atoms with Gasteiger partial charge in [0.25, 0.3) is 5.78 Å². The van der Waals surface area contributed by atoms with E-state index in [1.807, 2.05) is 0 Å². The largest absolute Gasteiger partial charge is 0.454 e. The molecular formula is C8H8F3NOS. The minimum atomic E-state index is -4.85. The topological polar surface area (TPSA) is 43.1 Å². The molecule has 0 aliphatic heterocycles. The van der Waals surface area contributed by atoms with Crippen LogP contribution in [0.25, 0.3) is 0 Å². The van der Waals surface area contributed by atoms with E-state index in [1.54, 1.807) is 6.92 Å². The monoisotopic (exact) mass is 223 g/mol. The summed E-state index contributed by atoms with van der Waals surface area (Å²) in [4.78, 5) is 11.6. The van der Waals surface area contributed by atoms with E-state index in [9.17, 15) is 18.0 Å². The Morgan fingerprint density at radius 3 is 2.14 bits per heavy atom. The molecule has 0 atom stereocenters. The Kier molecular flexibility index (Phi) is 2.58. The van der Waals surface area contributed by atoms with Gasteiger partial charge in [-0.3, -0.25) is 4.79 Å². The van der Waals surface area contributed by atoms with Crippen molar-refractivity contribution in [3.8, 4) is 0 Å². The van der Waals surface area contributed by atoms with Crippen molar-refractivity contribution in [2.75, 3.05) is 5.73 Å². The molecule has 14 heavy (non-hydrogen) atoms. The van der Waals surface area contributed by atoms with E-state index in [1.165, 1.54) is 6.92 Å². The second-order valence-electron chi connectivity index (χ2n) is 2.85. The summed E-state index contributed by atoms with van der Waals surface area (Å²) in [6.07, 6.45) is -4.85. The second-order valence-corrected chi connectivity index (χ2v) is 4.11. The summed E-state index contributed by atoms with van der Waals surface area (Å²) in [5.74, 6) is -1.86. The molecule has 78 valence electrons. The summed E-state index contributed by atoms with van der Waals surface area (Å²) in [6.45, 7) is 3.09. The Bertz CT molecular complexity index is 381. The van der Waals surface area contributed by atoms with Crippen LogP contribution in [0, 0.1) is 13.8 Å². The SMILES string of the molecule is Cc1sc(N)c(C(=O)C(F)(F)F)c1C. The molecule has 0 saturated heterocycles. The number of carbonyl (C=O) groups is 1. The number of rotatable bonds is 1. The van der Waals surface area contributed by atoms with E-state index >= 15 is 0 Å². The third kappa shape index (κ3) is 1.75. The van der Waals surface area contributed by atoms with E-state index in [2.05, 4.69) is 0 Å². The van der Waals surface area contributed by atoms with Crippen molar-refractivity contribution >= 4 is 22.1 Å². The summed E-state index contributed by atoms with van der Waals surface area (Å²) in [7, 11) is 0. The van der Waals surface area contributed by atoms with Gasteiger partial charge in [-0.1, -0.05) is 0 Å². The number of aryl methyl sites for hydroxylation is 1. The number of alkyl halides is 3. The van der Waals surface area contributed by atoms with Gasteiger partial charge in [-0.05, 0) is 19.4 Å². The van der Waals surface area contributed by atoms with Gasteiger partial charge in [0.1, 0.15) is 0 Å². The third-order valence-corrected chi connectivity index (χ3v) is 2.93. The van der Waals surface area contributed by atoms with Crippen LogP contribution in [-0.2, 0) is 0 Å². The lowest BCUT2D eigenvalue weighted by molar-refractivity contribution is -0.0884. The van der Waals surface area contributed by atoms with Gasteiger partial charge in [-0.15, -0.1) is 11.3 Å². The molecule has 0 unspecified atom stereocenters. The molecule has 0 radical (unpaired) electrons. The molecule has 0 fully saturated rings. The van der Waals surface area contributed by atoms with E-state index in [4.69, 9.17) is 5.73 Å². The number of halogens is 3. The molecule has 0 amide bonds. The molecule has 0 saturated carbocycles. The van der Waals surface area contributed by atoms with Crippen molar-refractivity contribution in [1.29, 1.82) is 0 Å². The van der Waals surface area contributed by atoms with Gasteiger partial charge in [0, 0.05) is 4.88 Å². The van der Waals surface area contributed by atoms with Gasteiger partial charge >= 0.3 is 6.18 Å². The Morgan fingerprint density at radius 1 is 1.36 bits per heavy atom. The molecule has 1 heterocycles. The average Bonchev–Trinajstić information content (AvgIpc) is 2.24. The highest BCUT2D eigenvalue weighted by Crippen LogP contribution is 2.34. The molecule has 1 aromatic rings. The normalized spacial score (nSPS) is 11.8. The van der Waals surface area contributed by atoms with E-state index in [-0.39, 0.29) is 5.00 Å². The lowest BCUT2D eigenvalue weighted by atomic mass is 10.1. The molecule has 0 aromatic carbocycles. The molecule has 0 spiro atoms. The maximum atomic E-state index is 12.1. The van der Waals surface area contributed by atoms with Crippen LogP contribution in [0.15, 0.2) is 0 Å². The zero-order chi connectivity index (χ0) is 11.1. The minimum Gasteiger partial charge on any atom is -0.390 e. The van der Waals surface area contributed by atoms with Crippen LogP contribution in [0.5, 0.6) is 0 Å². The standard InChI is InChI=1S/C8H8F3NOS/c1-3-4(2)14-7(12)5(3)6(13)8(9,10)11/h12H2,1-2H3. The smallest absolute Gasteiger partial charge is 0.390 e. The average molecular weight is 223 g/mol. The molecule has 1 aromatic heterocycles. The molecular weight excluding hydrogens is 215 g/mol. The number of ketones is 1. The maximum Gasteiger partial charge on any atom is 0.454 e. The molecule has 0 aliphatic carbocycles. The first kappa shape index (κ1) is 11.0. The third-order valence-electron chi connectivity index (χ3n) is 1.90. The van der Waals surface area contributed by atoms with Crippen LogP contribution < -0.4 is 5.73 Å². The summed E-state index contributed by atoms with van der Waals surface area (Å²) >= 11 is 0.997. The Balaban J connectivity index is 3.27. The van der Waals surface area contributed by atoms with Gasteiger partial charge in [0.15, 0.2) is 0 Å². The Morgan fingerprint density at radius 2 is 1.86 bits per heavy atom. The highest BCUT2D eigenvalue weighted by Gasteiger charge is 2.41. The molecule has 0 bridgehead atoms. The summed E-state index contributed by atoms with van der Waals surface area (Å²) in [5, 5.41) is -0.0673. The number of hydrogen-bond donors (Lipinski definition) is 1. The lowest BCUT2D eigenvalue weighted by Gasteiger charge is -2.05. The molecule has 0 aliphatic rings. The quantitative estimate of drug-likeness (QED) is 0.744. The van der Waals surface area contributed by atoms with Gasteiger partial charge in [0.2, 0.25) is 0 Å². The summed E-state index contributed by atoms with van der Waals surface area (Å²) in [6, 6.07) is 0. The first-order valence-electron chi connectivity index (χ1n) is 3.72. The predicted molar refractivity (Wildman–Crippen MR) is 48.6 cm³/mol. The van der Waals surface area contributed by atoms with Crippen LogP contribution in [-0.4, -0.2) is 12.0 Å². The fourth-order valence-electron chi connectivity index (χ4n) is 1.08. The highest BCUT2D eigenvalue weighted by atomic mass is 32.1. The zero-order valence-corrected chi connectivity index (χ0v) is 8.34. The molecule has 2 nitrogen and oxygen atoms in total. The molecule has 2 N–H and O–H groups in total. The van der Waals surface area contributed by atoms with Crippen LogP contribution in [0.3, 0.4) is 0 Å². The number of nitrogens with two attached hydrogens (primary N) is 1. The number of anilines is 1. The number of carbonyl (C=O) groups excluding carboxylic acids is 1. The van der Waals surface area contributed by atoms with Gasteiger partial charge in [-0.2, -0.15) is 13.2 Å². The predicted octanol–water partition coefficient (Wildman–Crippen LogP) is 2.69. The van der Waals surface area contributed by atoms with E-state index < -0.39 is 17.5 Å². The first-order chi connectivity index (χ1) is 6.25. The van der Waals surface area contributed by atoms with Crippen molar-refractivity contribution in [2.24, 2.45) is 0 Å². The maximum absolute atomic E-state index is 12.1. The highest BCUT2D eigenvalue weighted by molar-refractivity contribution is 7.16. The van der Waals surface area contributed by atoms with E-state index in [0.717, 1.165) is 11.3 Å². The minimum absolute atomic E-state index is 0.0673. The summed E-state index contributed by atoms with van der Waals surface area (Å²) < 4.78 is 36.3. The van der Waals surface area contributed by atoms with Gasteiger partial charge in [0.05, 0.1) is 10.6 Å². The van der Waals surface area contributed by atoms with Crippen LogP contribution in [0.2, 0.25) is 0 Å². The fraction of sp³-hybridized carbons (Fsp3) is 0.375. The Labute approximate surface area is 82.5 Å². The number of Topliss-reactive ketones (excluding diaryl/α,β-unsaturated/α-hetero) is 1. The fourth-order valence-corrected chi connectivity index (χ4v) is 2.01. The van der Waals surface area contributed by atoms with E-state index in [0.29, 0.717) is 10.4 Å². The number of nitrogen functional groups attached to an aromatic ring is 1. The number of thiophene rings is 1. The van der Waals surface area contributed by atoms with Crippen LogP contribution in [0.1, 0.15) is 20.8 Å². The molecule has 6 heteroatoms. The van der Waals surface area contributed by atoms with Crippen LogP contribution >= 0.6 is 11.3 Å². The first-order valence-corrected chi connectivity index (χ1v) is 4.53. The van der Waals surface area contributed by atoms with Crippen molar-refractivity contribution in [3.05, 3.63) is 16.0 Å². The number of hydrogen-bond acceptors (Lipinski definition) is 3. The van der Waals surface area contributed by atoms with Crippen LogP contribution in [0.4, 0.5) is 18.2 Å². The zero-order valence-electron chi connectivity index (χ0n) is 7.53. The molecule has 1 rings (SSSR count). The summed E-state index contributed by atoms with van der Waals surface area (Å²) in [5.41, 5.74) is 5.25. The van der Waals surface area contributed by atoms with Crippen molar-refractivity contribution in [3.63, 3.8) is 0 Å². The second kappa shape index (κ2) is 3.27. The lowest BCUT2D eigenvalue weighted by Crippen LogP contribution is -2.23. The van der Waals surface area contributed by atoms with Crippen molar-refractivity contribution in [1.82, 2.24) is 0 Å².